The van der Waals surface area contributed by atoms with Crippen molar-refractivity contribution in [1.29, 1.82) is 0 Å². The molecule has 1 fully saturated rings. The summed E-state index contributed by atoms with van der Waals surface area (Å²) in [5.41, 5.74) is 2.98. The summed E-state index contributed by atoms with van der Waals surface area (Å²) >= 11 is 1.36. The highest BCUT2D eigenvalue weighted by Crippen LogP contribution is 2.24. The lowest BCUT2D eigenvalue weighted by Crippen LogP contribution is -2.11. The molecule has 140 valence electrons. The molecule has 8 heteroatoms. The van der Waals surface area contributed by atoms with Crippen LogP contribution < -0.4 is 0 Å². The number of ketones is 1. The smallest absolute Gasteiger partial charge is 0.191 e. The Morgan fingerprint density at radius 3 is 2.69 bits per heavy atom. The van der Waals surface area contributed by atoms with E-state index in [0.29, 0.717) is 29.3 Å². The van der Waals surface area contributed by atoms with E-state index < -0.39 is 9.84 Å². The van der Waals surface area contributed by atoms with Crippen molar-refractivity contribution in [2.24, 2.45) is 13.0 Å². The van der Waals surface area contributed by atoms with Gasteiger partial charge in [-0.25, -0.2) is 8.42 Å². The molecule has 1 aliphatic rings. The fraction of sp³-hybridized carbons (Fsp3) is 0.500. The van der Waals surface area contributed by atoms with E-state index in [-0.39, 0.29) is 23.2 Å². The molecule has 1 aromatic heterocycles. The Bertz CT molecular complexity index is 935. The molecule has 26 heavy (non-hydrogen) atoms. The molecule has 0 spiro atoms. The monoisotopic (exact) mass is 393 g/mol. The maximum absolute atomic E-state index is 12.4. The fourth-order valence-electron chi connectivity index (χ4n) is 3.07. The van der Waals surface area contributed by atoms with Gasteiger partial charge in [0.2, 0.25) is 0 Å². The normalized spacial score (nSPS) is 19.0. The molecule has 1 aliphatic heterocycles. The van der Waals surface area contributed by atoms with Crippen molar-refractivity contribution < 1.29 is 13.2 Å². The average Bonchev–Trinajstić information content (AvgIpc) is 3.10. The number of carbonyl (C=O) groups excluding carboxylic acids is 1. The molecule has 1 saturated heterocycles. The molecule has 6 nitrogen and oxygen atoms in total. The predicted octanol–water partition coefficient (Wildman–Crippen LogP) is 2.38. The van der Waals surface area contributed by atoms with Gasteiger partial charge in [-0.1, -0.05) is 23.9 Å². The molecule has 0 amide bonds. The van der Waals surface area contributed by atoms with Crippen LogP contribution in [0.4, 0.5) is 0 Å². The standard InChI is InChI=1S/C18H23N3O3S2/c1-12-4-5-15(8-13(12)2)16(22)10-25-18-20-19-17(21(18)3)9-14-6-7-26(23,24)11-14/h4-5,8,14H,6-7,9-11H2,1-3H3. The van der Waals surface area contributed by atoms with Crippen molar-refractivity contribution in [2.45, 2.75) is 31.8 Å². The summed E-state index contributed by atoms with van der Waals surface area (Å²) in [5.74, 6) is 1.73. The summed E-state index contributed by atoms with van der Waals surface area (Å²) < 4.78 is 25.1. The van der Waals surface area contributed by atoms with E-state index in [4.69, 9.17) is 0 Å². The summed E-state index contributed by atoms with van der Waals surface area (Å²) in [6.07, 6.45) is 1.29. The molecule has 0 saturated carbocycles. The van der Waals surface area contributed by atoms with Crippen molar-refractivity contribution in [3.8, 4) is 0 Å². The molecule has 1 atom stereocenters. The van der Waals surface area contributed by atoms with Gasteiger partial charge in [0.25, 0.3) is 0 Å². The zero-order chi connectivity index (χ0) is 18.9. The lowest BCUT2D eigenvalue weighted by Gasteiger charge is -2.08. The minimum Gasteiger partial charge on any atom is -0.309 e. The van der Waals surface area contributed by atoms with Crippen LogP contribution in [0.3, 0.4) is 0 Å². The van der Waals surface area contributed by atoms with E-state index in [1.807, 2.05) is 43.7 Å². The number of nitrogens with zero attached hydrogens (tertiary/aromatic N) is 3. The third-order valence-corrected chi connectivity index (χ3v) is 7.74. The first-order valence-electron chi connectivity index (χ1n) is 8.57. The Labute approximate surface area is 158 Å². The molecule has 1 aromatic carbocycles. The number of thioether (sulfide) groups is 1. The highest BCUT2D eigenvalue weighted by molar-refractivity contribution is 7.99. The first-order chi connectivity index (χ1) is 12.2. The van der Waals surface area contributed by atoms with Crippen LogP contribution in [0.1, 0.15) is 33.7 Å². The van der Waals surface area contributed by atoms with Crippen LogP contribution in [0.5, 0.6) is 0 Å². The Hall–Kier alpha value is -1.67. The third kappa shape index (κ3) is 4.35. The van der Waals surface area contributed by atoms with Gasteiger partial charge < -0.3 is 4.57 Å². The second-order valence-corrected chi connectivity index (χ2v) is 10.1. The summed E-state index contributed by atoms with van der Waals surface area (Å²) in [5, 5.41) is 9.03. The lowest BCUT2D eigenvalue weighted by molar-refractivity contribution is 0.102. The molecule has 1 unspecified atom stereocenters. The number of hydrogen-bond donors (Lipinski definition) is 0. The Kier molecular flexibility index (Phi) is 5.53. The maximum atomic E-state index is 12.4. The molecule has 0 N–H and O–H groups in total. The Balaban J connectivity index is 1.61. The molecule has 3 rings (SSSR count). The van der Waals surface area contributed by atoms with Crippen molar-refractivity contribution >= 4 is 27.4 Å². The van der Waals surface area contributed by atoms with E-state index in [1.54, 1.807) is 0 Å². The average molecular weight is 394 g/mol. The van der Waals surface area contributed by atoms with Gasteiger partial charge in [0.05, 0.1) is 17.3 Å². The fourth-order valence-corrected chi connectivity index (χ4v) is 5.75. The molecular weight excluding hydrogens is 370 g/mol. The lowest BCUT2D eigenvalue weighted by atomic mass is 10.0. The summed E-state index contributed by atoms with van der Waals surface area (Å²) in [6, 6.07) is 5.73. The Morgan fingerprint density at radius 2 is 2.04 bits per heavy atom. The first kappa shape index (κ1) is 19.1. The van der Waals surface area contributed by atoms with Crippen LogP contribution in [0, 0.1) is 19.8 Å². The molecule has 2 aromatic rings. The summed E-state index contributed by atoms with van der Waals surface area (Å²) in [6.45, 7) is 4.02. The van der Waals surface area contributed by atoms with Gasteiger partial charge in [-0.3, -0.25) is 4.79 Å². The van der Waals surface area contributed by atoms with Crippen molar-refractivity contribution in [1.82, 2.24) is 14.8 Å². The summed E-state index contributed by atoms with van der Waals surface area (Å²) in [7, 11) is -1.02. The number of Topliss-reactive ketones (excluding diaryl/α,β-unsaturated/α-hetero) is 1. The largest absolute Gasteiger partial charge is 0.309 e. The third-order valence-electron chi connectivity index (χ3n) is 4.88. The van der Waals surface area contributed by atoms with Gasteiger partial charge in [-0.05, 0) is 43.4 Å². The van der Waals surface area contributed by atoms with E-state index >= 15 is 0 Å². The van der Waals surface area contributed by atoms with Crippen molar-refractivity contribution in [3.05, 3.63) is 40.7 Å². The zero-order valence-electron chi connectivity index (χ0n) is 15.2. The minimum atomic E-state index is -2.89. The van der Waals surface area contributed by atoms with E-state index in [2.05, 4.69) is 10.2 Å². The number of benzene rings is 1. The molecule has 0 aliphatic carbocycles. The number of sulfone groups is 1. The van der Waals surface area contributed by atoms with Gasteiger partial charge >= 0.3 is 0 Å². The van der Waals surface area contributed by atoms with Crippen LogP contribution >= 0.6 is 11.8 Å². The second-order valence-electron chi connectivity index (χ2n) is 6.94. The van der Waals surface area contributed by atoms with Crippen LogP contribution in [0.15, 0.2) is 23.4 Å². The number of aryl methyl sites for hydroxylation is 2. The van der Waals surface area contributed by atoms with Gasteiger partial charge in [0.15, 0.2) is 20.8 Å². The van der Waals surface area contributed by atoms with Gasteiger partial charge in [-0.2, -0.15) is 0 Å². The van der Waals surface area contributed by atoms with E-state index in [9.17, 15) is 13.2 Å². The molecule has 0 bridgehead atoms. The Morgan fingerprint density at radius 1 is 1.27 bits per heavy atom. The first-order valence-corrected chi connectivity index (χ1v) is 11.4. The highest BCUT2D eigenvalue weighted by Gasteiger charge is 2.29. The van der Waals surface area contributed by atoms with Gasteiger partial charge in [-0.15, -0.1) is 10.2 Å². The molecule has 2 heterocycles. The zero-order valence-corrected chi connectivity index (χ0v) is 16.9. The van der Waals surface area contributed by atoms with Crippen LogP contribution in [0.25, 0.3) is 0 Å². The van der Waals surface area contributed by atoms with Gasteiger partial charge in [0, 0.05) is 19.0 Å². The van der Waals surface area contributed by atoms with E-state index in [1.165, 1.54) is 17.3 Å². The topological polar surface area (TPSA) is 81.9 Å². The highest BCUT2D eigenvalue weighted by atomic mass is 32.2. The minimum absolute atomic E-state index is 0.0598. The quantitative estimate of drug-likeness (QED) is 0.554. The van der Waals surface area contributed by atoms with Crippen LogP contribution in [-0.4, -0.2) is 46.2 Å². The maximum Gasteiger partial charge on any atom is 0.191 e. The SMILES string of the molecule is Cc1ccc(C(=O)CSc2nnc(CC3CCS(=O)(=O)C3)n2C)cc1C. The number of rotatable bonds is 6. The number of hydrogen-bond acceptors (Lipinski definition) is 6. The van der Waals surface area contributed by atoms with Crippen molar-refractivity contribution in [2.75, 3.05) is 17.3 Å². The predicted molar refractivity (Wildman–Crippen MR) is 102 cm³/mol. The van der Waals surface area contributed by atoms with Crippen molar-refractivity contribution in [3.63, 3.8) is 0 Å². The van der Waals surface area contributed by atoms with Gasteiger partial charge in [0.1, 0.15) is 5.82 Å². The summed E-state index contributed by atoms with van der Waals surface area (Å²) in [4.78, 5) is 12.4. The van der Waals surface area contributed by atoms with Crippen LogP contribution in [-0.2, 0) is 23.3 Å². The van der Waals surface area contributed by atoms with E-state index in [0.717, 1.165) is 11.4 Å². The molecule has 0 radical (unpaired) electrons. The molecular formula is C18H23N3O3S2. The second kappa shape index (κ2) is 7.52. The van der Waals surface area contributed by atoms with Crippen LogP contribution in [0.2, 0.25) is 0 Å². The number of carbonyl (C=O) groups is 1. The number of aromatic nitrogens is 3.